The van der Waals surface area contributed by atoms with Crippen LogP contribution in [0.15, 0.2) is 5.16 Å². The molecule has 0 radical (unpaired) electrons. The summed E-state index contributed by atoms with van der Waals surface area (Å²) in [6.07, 6.45) is 3.41. The molecule has 0 unspecified atom stereocenters. The van der Waals surface area contributed by atoms with Gasteiger partial charge in [-0.2, -0.15) is 0 Å². The molecular formula is C16H23N3O2S2. The van der Waals surface area contributed by atoms with E-state index in [1.165, 1.54) is 22.2 Å². The lowest BCUT2D eigenvalue weighted by Gasteiger charge is -2.33. The monoisotopic (exact) mass is 353 g/mol. The first kappa shape index (κ1) is 17.0. The van der Waals surface area contributed by atoms with Crippen LogP contribution in [0, 0.1) is 0 Å². The largest absolute Gasteiger partial charge is 0.392 e. The van der Waals surface area contributed by atoms with Crippen LogP contribution in [0.25, 0.3) is 10.2 Å². The van der Waals surface area contributed by atoms with E-state index in [1.54, 1.807) is 18.3 Å². The summed E-state index contributed by atoms with van der Waals surface area (Å²) in [6, 6.07) is 0. The average molecular weight is 354 g/mol. The van der Waals surface area contributed by atoms with Gasteiger partial charge in [0.2, 0.25) is 0 Å². The van der Waals surface area contributed by atoms with E-state index >= 15 is 0 Å². The standard InChI is InChI=1S/C16H23N3O2S2/c1-5-16(3)6-10-11(8-21-16)23-14-12(10)13(17-7-9(2)20)18-15(19-14)22-4/h9,20H,5-8H2,1-4H3,(H,17,18,19)/t9-,16+/m0/s1. The molecule has 3 rings (SSSR count). The zero-order valence-electron chi connectivity index (χ0n) is 14.0. The molecule has 0 bridgehead atoms. The first-order chi connectivity index (χ1) is 11.0. The summed E-state index contributed by atoms with van der Waals surface area (Å²) >= 11 is 3.23. The Morgan fingerprint density at radius 2 is 2.26 bits per heavy atom. The van der Waals surface area contributed by atoms with Crippen molar-refractivity contribution >= 4 is 39.1 Å². The molecule has 0 fully saturated rings. The summed E-state index contributed by atoms with van der Waals surface area (Å²) in [5.74, 6) is 0.832. The van der Waals surface area contributed by atoms with Crippen LogP contribution in [0.5, 0.6) is 0 Å². The number of aromatic nitrogens is 2. The molecule has 23 heavy (non-hydrogen) atoms. The molecule has 126 valence electrons. The van der Waals surface area contributed by atoms with E-state index in [0.29, 0.717) is 13.2 Å². The fourth-order valence-electron chi connectivity index (χ4n) is 2.74. The van der Waals surface area contributed by atoms with Crippen molar-refractivity contribution in [2.24, 2.45) is 0 Å². The summed E-state index contributed by atoms with van der Waals surface area (Å²) in [6.45, 7) is 7.22. The van der Waals surface area contributed by atoms with Gasteiger partial charge in [-0.05, 0) is 32.1 Å². The van der Waals surface area contributed by atoms with Crippen LogP contribution in [0.2, 0.25) is 0 Å². The van der Waals surface area contributed by atoms with E-state index in [0.717, 1.165) is 34.0 Å². The van der Waals surface area contributed by atoms with Crippen molar-refractivity contribution in [3.63, 3.8) is 0 Å². The molecule has 1 aliphatic heterocycles. The third-order valence-corrected chi connectivity index (χ3v) is 5.96. The third-order valence-electron chi connectivity index (χ3n) is 4.31. The van der Waals surface area contributed by atoms with E-state index < -0.39 is 6.10 Å². The lowest BCUT2D eigenvalue weighted by molar-refractivity contribution is -0.0542. The molecule has 0 aromatic carbocycles. The molecule has 0 spiro atoms. The Labute approximate surface area is 144 Å². The van der Waals surface area contributed by atoms with Gasteiger partial charge in [0, 0.05) is 17.8 Å². The third kappa shape index (κ3) is 3.33. The number of anilines is 1. The molecule has 5 nitrogen and oxygen atoms in total. The number of aliphatic hydroxyl groups excluding tert-OH is 1. The van der Waals surface area contributed by atoms with Gasteiger partial charge in [-0.1, -0.05) is 18.7 Å². The van der Waals surface area contributed by atoms with Crippen LogP contribution in [0.3, 0.4) is 0 Å². The zero-order valence-corrected chi connectivity index (χ0v) is 15.6. The fraction of sp³-hybridized carbons (Fsp3) is 0.625. The lowest BCUT2D eigenvalue weighted by Crippen LogP contribution is -2.34. The number of fused-ring (bicyclic) bond motifs is 3. The van der Waals surface area contributed by atoms with E-state index in [1.807, 2.05) is 6.26 Å². The molecule has 2 N–H and O–H groups in total. The number of hydrogen-bond donors (Lipinski definition) is 2. The predicted octanol–water partition coefficient (Wildman–Crippen LogP) is 3.45. The van der Waals surface area contributed by atoms with E-state index in [4.69, 9.17) is 4.74 Å². The van der Waals surface area contributed by atoms with Gasteiger partial charge in [0.1, 0.15) is 10.6 Å². The Bertz CT molecular complexity index is 717. The highest BCUT2D eigenvalue weighted by Gasteiger charge is 2.33. The first-order valence-corrected chi connectivity index (χ1v) is 9.92. The SMILES string of the molecule is CC[C@]1(C)Cc2c(sc3nc(SC)nc(NC[C@H](C)O)c23)CO1. The second kappa shape index (κ2) is 6.55. The Balaban J connectivity index is 2.11. The number of nitrogens with one attached hydrogen (secondary N) is 1. The van der Waals surface area contributed by atoms with Crippen molar-refractivity contribution in [3.8, 4) is 0 Å². The van der Waals surface area contributed by atoms with E-state index in [9.17, 15) is 5.11 Å². The van der Waals surface area contributed by atoms with Crippen LogP contribution in [-0.4, -0.2) is 39.6 Å². The van der Waals surface area contributed by atoms with Gasteiger partial charge in [0.25, 0.3) is 0 Å². The molecule has 1 aliphatic rings. The highest BCUT2D eigenvalue weighted by molar-refractivity contribution is 7.98. The quantitative estimate of drug-likeness (QED) is 0.634. The van der Waals surface area contributed by atoms with Crippen LogP contribution in [0.4, 0.5) is 5.82 Å². The minimum absolute atomic E-state index is 0.124. The van der Waals surface area contributed by atoms with Gasteiger partial charge in [-0.25, -0.2) is 9.97 Å². The molecule has 0 amide bonds. The number of rotatable bonds is 5. The molecule has 0 aliphatic carbocycles. The maximum Gasteiger partial charge on any atom is 0.190 e. The summed E-state index contributed by atoms with van der Waals surface area (Å²) in [5, 5.41) is 14.7. The first-order valence-electron chi connectivity index (χ1n) is 7.88. The Morgan fingerprint density at radius 3 is 2.91 bits per heavy atom. The summed E-state index contributed by atoms with van der Waals surface area (Å²) in [7, 11) is 0. The van der Waals surface area contributed by atoms with E-state index in [-0.39, 0.29) is 5.60 Å². The molecule has 2 atom stereocenters. The molecular weight excluding hydrogens is 330 g/mol. The van der Waals surface area contributed by atoms with Crippen molar-refractivity contribution in [3.05, 3.63) is 10.4 Å². The minimum Gasteiger partial charge on any atom is -0.392 e. The number of ether oxygens (including phenoxy) is 1. The minimum atomic E-state index is -0.420. The lowest BCUT2D eigenvalue weighted by atomic mass is 9.90. The molecule has 2 aromatic rings. The average Bonchev–Trinajstić information content (AvgIpc) is 2.89. The molecule has 2 aromatic heterocycles. The van der Waals surface area contributed by atoms with Crippen molar-refractivity contribution in [1.82, 2.24) is 9.97 Å². The predicted molar refractivity (Wildman–Crippen MR) is 96.6 cm³/mol. The van der Waals surface area contributed by atoms with Crippen molar-refractivity contribution in [1.29, 1.82) is 0 Å². The van der Waals surface area contributed by atoms with Crippen LogP contribution < -0.4 is 5.32 Å². The van der Waals surface area contributed by atoms with Gasteiger partial charge in [0.05, 0.1) is 23.7 Å². The smallest absolute Gasteiger partial charge is 0.190 e. The second-order valence-electron chi connectivity index (χ2n) is 6.24. The van der Waals surface area contributed by atoms with Gasteiger partial charge in [0.15, 0.2) is 5.16 Å². The molecule has 0 saturated carbocycles. The van der Waals surface area contributed by atoms with Gasteiger partial charge < -0.3 is 15.2 Å². The van der Waals surface area contributed by atoms with Crippen LogP contribution >= 0.6 is 23.1 Å². The van der Waals surface area contributed by atoms with Gasteiger partial charge in [-0.15, -0.1) is 11.3 Å². The summed E-state index contributed by atoms with van der Waals surface area (Å²) in [5.41, 5.74) is 1.18. The molecule has 3 heterocycles. The normalized spacial score (nSPS) is 22.1. The molecule has 0 saturated heterocycles. The number of nitrogens with zero attached hydrogens (tertiary/aromatic N) is 2. The number of aliphatic hydroxyl groups is 1. The highest BCUT2D eigenvalue weighted by Crippen LogP contribution is 2.42. The Kier molecular flexibility index (Phi) is 4.83. The highest BCUT2D eigenvalue weighted by atomic mass is 32.2. The second-order valence-corrected chi connectivity index (χ2v) is 8.10. The summed E-state index contributed by atoms with van der Waals surface area (Å²) < 4.78 is 6.06. The fourth-order valence-corrected chi connectivity index (χ4v) is 4.27. The number of thiophene rings is 1. The van der Waals surface area contributed by atoms with Gasteiger partial charge >= 0.3 is 0 Å². The number of hydrogen-bond acceptors (Lipinski definition) is 7. The summed E-state index contributed by atoms with van der Waals surface area (Å²) in [4.78, 5) is 11.6. The molecule has 7 heteroatoms. The van der Waals surface area contributed by atoms with Crippen molar-refractivity contribution in [2.45, 2.75) is 57.1 Å². The zero-order chi connectivity index (χ0) is 16.6. The van der Waals surface area contributed by atoms with Crippen molar-refractivity contribution < 1.29 is 9.84 Å². The van der Waals surface area contributed by atoms with Crippen LogP contribution in [0.1, 0.15) is 37.6 Å². The topological polar surface area (TPSA) is 67.3 Å². The Morgan fingerprint density at radius 1 is 1.48 bits per heavy atom. The van der Waals surface area contributed by atoms with Crippen LogP contribution in [-0.2, 0) is 17.8 Å². The maximum atomic E-state index is 9.59. The Hall–Kier alpha value is -0.890. The number of thioether (sulfide) groups is 1. The van der Waals surface area contributed by atoms with Gasteiger partial charge in [-0.3, -0.25) is 0 Å². The van der Waals surface area contributed by atoms with E-state index in [2.05, 4.69) is 29.1 Å². The van der Waals surface area contributed by atoms with Crippen molar-refractivity contribution in [2.75, 3.05) is 18.1 Å². The maximum absolute atomic E-state index is 9.59.